The van der Waals surface area contributed by atoms with Gasteiger partial charge in [0.25, 0.3) is 5.91 Å². The SMILES string of the molecule is CCCOc1cccc(C(=O)NNC(=O)CCC(=O)Nc2cccc(Cl)c2C)c1. The maximum Gasteiger partial charge on any atom is 0.269 e. The van der Waals surface area contributed by atoms with Gasteiger partial charge in [-0.2, -0.15) is 0 Å². The first-order chi connectivity index (χ1) is 13.9. The van der Waals surface area contributed by atoms with Crippen LogP contribution in [-0.2, 0) is 9.59 Å². The van der Waals surface area contributed by atoms with E-state index in [1.54, 1.807) is 49.4 Å². The second-order valence-electron chi connectivity index (χ2n) is 6.34. The van der Waals surface area contributed by atoms with Crippen molar-refractivity contribution in [1.82, 2.24) is 10.9 Å². The van der Waals surface area contributed by atoms with E-state index in [1.807, 2.05) is 6.92 Å². The van der Waals surface area contributed by atoms with E-state index >= 15 is 0 Å². The third kappa shape index (κ3) is 7.12. The molecule has 0 fully saturated rings. The van der Waals surface area contributed by atoms with Crippen molar-refractivity contribution >= 4 is 35.0 Å². The first kappa shape index (κ1) is 22.2. The summed E-state index contributed by atoms with van der Waals surface area (Å²) < 4.78 is 5.48. The number of ether oxygens (including phenoxy) is 1. The van der Waals surface area contributed by atoms with E-state index in [9.17, 15) is 14.4 Å². The number of halogens is 1. The molecule has 2 aromatic carbocycles. The largest absolute Gasteiger partial charge is 0.494 e. The highest BCUT2D eigenvalue weighted by atomic mass is 35.5. The van der Waals surface area contributed by atoms with Crippen LogP contribution in [0.4, 0.5) is 5.69 Å². The summed E-state index contributed by atoms with van der Waals surface area (Å²) in [6.07, 6.45) is 0.746. The van der Waals surface area contributed by atoms with Crippen molar-refractivity contribution in [2.45, 2.75) is 33.1 Å². The molecular formula is C21H24ClN3O4. The normalized spacial score (nSPS) is 10.2. The summed E-state index contributed by atoms with van der Waals surface area (Å²) in [6.45, 7) is 4.34. The van der Waals surface area contributed by atoms with Crippen LogP contribution in [0.25, 0.3) is 0 Å². The predicted molar refractivity (Wildman–Crippen MR) is 112 cm³/mol. The van der Waals surface area contributed by atoms with Crippen LogP contribution in [0.1, 0.15) is 42.1 Å². The highest BCUT2D eigenvalue weighted by Crippen LogP contribution is 2.23. The number of hydrogen-bond donors (Lipinski definition) is 3. The topological polar surface area (TPSA) is 96.5 Å². The molecule has 3 N–H and O–H groups in total. The highest BCUT2D eigenvalue weighted by Gasteiger charge is 2.11. The number of carbonyl (C=O) groups is 3. The number of hydrogen-bond acceptors (Lipinski definition) is 4. The molecule has 0 unspecified atom stereocenters. The van der Waals surface area contributed by atoms with Crippen molar-refractivity contribution in [2.75, 3.05) is 11.9 Å². The zero-order valence-electron chi connectivity index (χ0n) is 16.4. The number of benzene rings is 2. The monoisotopic (exact) mass is 417 g/mol. The summed E-state index contributed by atoms with van der Waals surface area (Å²) in [5.41, 5.74) is 6.34. The first-order valence-electron chi connectivity index (χ1n) is 9.27. The minimum atomic E-state index is -0.477. The van der Waals surface area contributed by atoms with Gasteiger partial charge >= 0.3 is 0 Å². The van der Waals surface area contributed by atoms with Crippen LogP contribution < -0.4 is 20.9 Å². The van der Waals surface area contributed by atoms with Gasteiger partial charge in [0.1, 0.15) is 5.75 Å². The Hall–Kier alpha value is -3.06. The Labute approximate surface area is 174 Å². The van der Waals surface area contributed by atoms with Gasteiger partial charge in [-0.1, -0.05) is 30.7 Å². The lowest BCUT2D eigenvalue weighted by atomic mass is 10.2. The standard InChI is InChI=1S/C21H24ClN3O4/c1-3-12-29-16-7-4-6-15(13-16)21(28)25-24-20(27)11-10-19(26)23-18-9-5-8-17(22)14(18)2/h4-9,13H,3,10-12H2,1-2H3,(H,23,26)(H,24,27)(H,25,28). The smallest absolute Gasteiger partial charge is 0.269 e. The summed E-state index contributed by atoms with van der Waals surface area (Å²) in [4.78, 5) is 36.1. The zero-order valence-corrected chi connectivity index (χ0v) is 17.1. The van der Waals surface area contributed by atoms with Gasteiger partial charge in [-0.15, -0.1) is 0 Å². The molecule has 0 aliphatic carbocycles. The molecule has 154 valence electrons. The second-order valence-corrected chi connectivity index (χ2v) is 6.75. The van der Waals surface area contributed by atoms with Crippen molar-refractivity contribution in [1.29, 1.82) is 0 Å². The molecule has 0 aromatic heterocycles. The average molecular weight is 418 g/mol. The van der Waals surface area contributed by atoms with Gasteiger partial charge in [-0.3, -0.25) is 25.2 Å². The average Bonchev–Trinajstić information content (AvgIpc) is 2.72. The molecule has 3 amide bonds. The summed E-state index contributed by atoms with van der Waals surface area (Å²) >= 11 is 6.02. The number of rotatable bonds is 8. The molecule has 0 bridgehead atoms. The van der Waals surface area contributed by atoms with E-state index in [0.717, 1.165) is 12.0 Å². The van der Waals surface area contributed by atoms with Gasteiger partial charge < -0.3 is 10.1 Å². The van der Waals surface area contributed by atoms with E-state index in [1.165, 1.54) is 0 Å². The van der Waals surface area contributed by atoms with Crippen LogP contribution in [0.15, 0.2) is 42.5 Å². The Morgan fingerprint density at radius 3 is 2.48 bits per heavy atom. The summed E-state index contributed by atoms with van der Waals surface area (Å²) in [5, 5.41) is 3.26. The molecule has 7 nitrogen and oxygen atoms in total. The van der Waals surface area contributed by atoms with E-state index in [0.29, 0.717) is 28.6 Å². The maximum absolute atomic E-state index is 12.2. The minimum absolute atomic E-state index is 0.0337. The van der Waals surface area contributed by atoms with Crippen LogP contribution in [-0.4, -0.2) is 24.3 Å². The van der Waals surface area contributed by atoms with Gasteiger partial charge in [0.05, 0.1) is 6.61 Å². The van der Waals surface area contributed by atoms with E-state index < -0.39 is 11.8 Å². The Morgan fingerprint density at radius 2 is 1.72 bits per heavy atom. The van der Waals surface area contributed by atoms with Gasteiger partial charge in [0, 0.05) is 29.1 Å². The number of carbonyl (C=O) groups excluding carboxylic acids is 3. The molecule has 2 aromatic rings. The van der Waals surface area contributed by atoms with E-state index in [-0.39, 0.29) is 18.7 Å². The number of nitrogens with one attached hydrogen (secondary N) is 3. The number of anilines is 1. The summed E-state index contributed by atoms with van der Waals surface area (Å²) in [6, 6.07) is 11.9. The predicted octanol–water partition coefficient (Wildman–Crippen LogP) is 3.62. The Balaban J connectivity index is 1.77. The minimum Gasteiger partial charge on any atom is -0.494 e. The maximum atomic E-state index is 12.2. The van der Waals surface area contributed by atoms with Gasteiger partial charge in [-0.25, -0.2) is 0 Å². The number of amides is 3. The third-order valence-electron chi connectivity index (χ3n) is 4.01. The van der Waals surface area contributed by atoms with Crippen molar-refractivity contribution in [3.63, 3.8) is 0 Å². The van der Waals surface area contributed by atoms with Crippen molar-refractivity contribution in [3.8, 4) is 5.75 Å². The lowest BCUT2D eigenvalue weighted by Crippen LogP contribution is -2.41. The molecular weight excluding hydrogens is 394 g/mol. The molecule has 8 heteroatoms. The quantitative estimate of drug-likeness (QED) is 0.571. The molecule has 2 rings (SSSR count). The first-order valence-corrected chi connectivity index (χ1v) is 9.65. The van der Waals surface area contributed by atoms with Crippen molar-refractivity contribution in [3.05, 3.63) is 58.6 Å². The van der Waals surface area contributed by atoms with Crippen molar-refractivity contribution < 1.29 is 19.1 Å². The second kappa shape index (κ2) is 11.1. The molecule has 0 heterocycles. The van der Waals surface area contributed by atoms with E-state index in [4.69, 9.17) is 16.3 Å². The van der Waals surface area contributed by atoms with Crippen LogP contribution >= 0.6 is 11.6 Å². The van der Waals surface area contributed by atoms with Gasteiger partial charge in [0.2, 0.25) is 11.8 Å². The molecule has 0 atom stereocenters. The number of hydrazine groups is 1. The molecule has 0 radical (unpaired) electrons. The lowest BCUT2D eigenvalue weighted by Gasteiger charge is -2.10. The fraction of sp³-hybridized carbons (Fsp3) is 0.286. The van der Waals surface area contributed by atoms with Crippen LogP contribution in [0.2, 0.25) is 5.02 Å². The fourth-order valence-electron chi connectivity index (χ4n) is 2.39. The van der Waals surface area contributed by atoms with Crippen LogP contribution in [0.5, 0.6) is 5.75 Å². The van der Waals surface area contributed by atoms with Crippen molar-refractivity contribution in [2.24, 2.45) is 0 Å². The van der Waals surface area contributed by atoms with Gasteiger partial charge in [-0.05, 0) is 49.2 Å². The fourth-order valence-corrected chi connectivity index (χ4v) is 2.57. The molecule has 0 saturated carbocycles. The molecule has 0 saturated heterocycles. The molecule has 0 aliphatic heterocycles. The third-order valence-corrected chi connectivity index (χ3v) is 4.41. The summed E-state index contributed by atoms with van der Waals surface area (Å²) in [7, 11) is 0. The lowest BCUT2D eigenvalue weighted by molar-refractivity contribution is -0.124. The van der Waals surface area contributed by atoms with Crippen LogP contribution in [0.3, 0.4) is 0 Å². The van der Waals surface area contributed by atoms with Crippen LogP contribution in [0, 0.1) is 6.92 Å². The Kier molecular flexibility index (Phi) is 8.48. The van der Waals surface area contributed by atoms with E-state index in [2.05, 4.69) is 16.2 Å². The molecule has 0 spiro atoms. The summed E-state index contributed by atoms with van der Waals surface area (Å²) in [5.74, 6) is -0.689. The molecule has 0 aliphatic rings. The molecule has 29 heavy (non-hydrogen) atoms. The van der Waals surface area contributed by atoms with Gasteiger partial charge in [0.15, 0.2) is 0 Å². The Morgan fingerprint density at radius 1 is 1.00 bits per heavy atom. The Bertz CT molecular complexity index is 886. The zero-order chi connectivity index (χ0) is 21.2. The highest BCUT2D eigenvalue weighted by molar-refractivity contribution is 6.31.